The number of halogens is 2. The molecule has 0 aliphatic rings. The van der Waals surface area contributed by atoms with Crippen molar-refractivity contribution in [2.45, 2.75) is 52.2 Å². The zero-order chi connectivity index (χ0) is 29.7. The van der Waals surface area contributed by atoms with Gasteiger partial charge in [0, 0.05) is 18.5 Å². The van der Waals surface area contributed by atoms with Crippen molar-refractivity contribution >= 4 is 50.7 Å². The first kappa shape index (κ1) is 31.5. The minimum absolute atomic E-state index is 0.0128. The Balaban J connectivity index is 2.09. The maximum Gasteiger partial charge on any atom is 0.244 e. The second-order valence-corrected chi connectivity index (χ2v) is 13.5. The lowest BCUT2D eigenvalue weighted by molar-refractivity contribution is -0.140. The lowest BCUT2D eigenvalue weighted by Gasteiger charge is -2.35. The van der Waals surface area contributed by atoms with Gasteiger partial charge in [-0.3, -0.25) is 13.9 Å². The molecule has 3 aromatic rings. The summed E-state index contributed by atoms with van der Waals surface area (Å²) in [5.41, 5.74) is 2.23. The molecule has 3 rings (SSSR count). The number of nitrogens with one attached hydrogen (secondary N) is 1. The van der Waals surface area contributed by atoms with Gasteiger partial charge in [-0.05, 0) is 51.0 Å². The monoisotopic (exact) mass is 603 g/mol. The molecule has 1 atom stereocenters. The van der Waals surface area contributed by atoms with E-state index in [9.17, 15) is 18.0 Å². The number of sulfonamides is 1. The van der Waals surface area contributed by atoms with Crippen molar-refractivity contribution in [2.75, 3.05) is 17.1 Å². The quantitative estimate of drug-likeness (QED) is 0.326. The molecule has 0 fully saturated rings. The highest BCUT2D eigenvalue weighted by molar-refractivity contribution is 7.92. The van der Waals surface area contributed by atoms with Crippen LogP contribution in [0.5, 0.6) is 0 Å². The summed E-state index contributed by atoms with van der Waals surface area (Å²) in [6.07, 6.45) is 1.23. The zero-order valence-electron chi connectivity index (χ0n) is 23.3. The average molecular weight is 605 g/mol. The fourth-order valence-electron chi connectivity index (χ4n) is 4.18. The molecule has 1 N–H and O–H groups in total. The standard InChI is InChI=1S/C30H35Cl2N3O4S/c1-21-14-16-23(17-15-21)19-34(26(29(37)33-30(2,3)4)18-22-10-7-6-8-11-22)27(36)20-35(40(5,38)39)25-13-9-12-24(31)28(25)32/h6-17,26H,18-20H2,1-5H3,(H,33,37)/t26-/m1/s1. The minimum Gasteiger partial charge on any atom is -0.350 e. The summed E-state index contributed by atoms with van der Waals surface area (Å²) >= 11 is 12.5. The molecule has 0 radical (unpaired) electrons. The Bertz CT molecular complexity index is 1440. The third-order valence-corrected chi connectivity index (χ3v) is 8.06. The van der Waals surface area contributed by atoms with E-state index in [0.717, 1.165) is 27.3 Å². The van der Waals surface area contributed by atoms with Crippen molar-refractivity contribution in [3.8, 4) is 0 Å². The first-order chi connectivity index (χ1) is 18.7. The summed E-state index contributed by atoms with van der Waals surface area (Å²) in [5.74, 6) is -0.907. The second-order valence-electron chi connectivity index (χ2n) is 10.8. The van der Waals surface area contributed by atoms with Crippen molar-refractivity contribution in [3.63, 3.8) is 0 Å². The van der Waals surface area contributed by atoms with Crippen LogP contribution in [0.2, 0.25) is 10.0 Å². The first-order valence-corrected chi connectivity index (χ1v) is 15.4. The average Bonchev–Trinajstić information content (AvgIpc) is 2.86. The van der Waals surface area contributed by atoms with E-state index in [2.05, 4.69) is 5.32 Å². The molecule has 40 heavy (non-hydrogen) atoms. The fourth-order valence-corrected chi connectivity index (χ4v) is 5.48. The number of amides is 2. The van der Waals surface area contributed by atoms with E-state index in [0.29, 0.717) is 0 Å². The van der Waals surface area contributed by atoms with E-state index in [1.165, 1.54) is 17.0 Å². The molecule has 0 spiro atoms. The van der Waals surface area contributed by atoms with Crippen LogP contribution in [0.4, 0.5) is 5.69 Å². The van der Waals surface area contributed by atoms with Gasteiger partial charge in [0.15, 0.2) is 0 Å². The van der Waals surface area contributed by atoms with Crippen LogP contribution in [0.15, 0.2) is 72.8 Å². The van der Waals surface area contributed by atoms with Crippen molar-refractivity contribution in [3.05, 3.63) is 99.5 Å². The smallest absolute Gasteiger partial charge is 0.244 e. The number of hydrogen-bond donors (Lipinski definition) is 1. The molecular weight excluding hydrogens is 569 g/mol. The van der Waals surface area contributed by atoms with Crippen LogP contribution >= 0.6 is 23.2 Å². The van der Waals surface area contributed by atoms with E-state index in [-0.39, 0.29) is 34.6 Å². The van der Waals surface area contributed by atoms with Crippen LogP contribution in [-0.2, 0) is 32.6 Å². The lowest BCUT2D eigenvalue weighted by Crippen LogP contribution is -2.56. The van der Waals surface area contributed by atoms with E-state index in [1.54, 1.807) is 6.07 Å². The normalized spacial score (nSPS) is 12.5. The highest BCUT2D eigenvalue weighted by Gasteiger charge is 2.34. The SMILES string of the molecule is Cc1ccc(CN(C(=O)CN(c2cccc(Cl)c2Cl)S(C)(=O)=O)[C@H](Cc2ccccc2)C(=O)NC(C)(C)C)cc1. The Morgan fingerprint density at radius 1 is 0.900 bits per heavy atom. The Labute approximate surface area is 247 Å². The topological polar surface area (TPSA) is 86.8 Å². The van der Waals surface area contributed by atoms with Crippen molar-refractivity contribution < 1.29 is 18.0 Å². The maximum absolute atomic E-state index is 14.1. The number of nitrogens with zero attached hydrogens (tertiary/aromatic N) is 2. The van der Waals surface area contributed by atoms with Crippen molar-refractivity contribution in [1.29, 1.82) is 0 Å². The molecule has 0 bridgehead atoms. The molecular formula is C30H35Cl2N3O4S. The molecule has 0 aliphatic carbocycles. The Kier molecular flexibility index (Phi) is 10.3. The van der Waals surface area contributed by atoms with Gasteiger partial charge in [0.25, 0.3) is 0 Å². The predicted molar refractivity (Wildman–Crippen MR) is 162 cm³/mol. The number of hydrogen-bond acceptors (Lipinski definition) is 4. The summed E-state index contributed by atoms with van der Waals surface area (Å²) in [6.45, 7) is 7.07. The first-order valence-electron chi connectivity index (χ1n) is 12.8. The van der Waals surface area contributed by atoms with Gasteiger partial charge in [0.1, 0.15) is 12.6 Å². The van der Waals surface area contributed by atoms with Gasteiger partial charge in [-0.15, -0.1) is 0 Å². The van der Waals surface area contributed by atoms with Gasteiger partial charge >= 0.3 is 0 Å². The molecule has 0 saturated carbocycles. The van der Waals surface area contributed by atoms with Gasteiger partial charge < -0.3 is 10.2 Å². The predicted octanol–water partition coefficient (Wildman–Crippen LogP) is 5.62. The molecule has 214 valence electrons. The van der Waals surface area contributed by atoms with Gasteiger partial charge in [-0.2, -0.15) is 0 Å². The second kappa shape index (κ2) is 13.1. The number of carbonyl (C=O) groups is 2. The maximum atomic E-state index is 14.1. The molecule has 10 heteroatoms. The molecule has 0 aliphatic heterocycles. The molecule has 3 aromatic carbocycles. The summed E-state index contributed by atoms with van der Waals surface area (Å²) < 4.78 is 26.7. The van der Waals surface area contributed by atoms with Crippen LogP contribution in [0.3, 0.4) is 0 Å². The molecule has 7 nitrogen and oxygen atoms in total. The number of anilines is 1. The van der Waals surface area contributed by atoms with Gasteiger partial charge in [-0.25, -0.2) is 8.42 Å². The summed E-state index contributed by atoms with van der Waals surface area (Å²) in [6, 6.07) is 20.7. The number of rotatable bonds is 10. The van der Waals surface area contributed by atoms with E-state index in [1.807, 2.05) is 82.3 Å². The van der Waals surface area contributed by atoms with Crippen molar-refractivity contribution in [2.24, 2.45) is 0 Å². The van der Waals surface area contributed by atoms with E-state index in [4.69, 9.17) is 23.2 Å². The summed E-state index contributed by atoms with van der Waals surface area (Å²) in [7, 11) is -3.96. The Hall–Kier alpha value is -3.07. The molecule has 0 saturated heterocycles. The van der Waals surface area contributed by atoms with Crippen LogP contribution in [0.1, 0.15) is 37.5 Å². The highest BCUT2D eigenvalue weighted by Crippen LogP contribution is 2.34. The van der Waals surface area contributed by atoms with Crippen LogP contribution in [-0.4, -0.2) is 49.5 Å². The fraction of sp³-hybridized carbons (Fsp3) is 0.333. The zero-order valence-corrected chi connectivity index (χ0v) is 25.6. The molecule has 2 amide bonds. The third-order valence-electron chi connectivity index (χ3n) is 6.12. The Morgan fingerprint density at radius 2 is 1.52 bits per heavy atom. The van der Waals surface area contributed by atoms with Gasteiger partial charge in [-0.1, -0.05) is 89.4 Å². The van der Waals surface area contributed by atoms with Crippen LogP contribution < -0.4 is 9.62 Å². The number of carbonyl (C=O) groups excluding carboxylic acids is 2. The molecule has 0 aromatic heterocycles. The Morgan fingerprint density at radius 3 is 2.10 bits per heavy atom. The third kappa shape index (κ3) is 8.71. The summed E-state index contributed by atoms with van der Waals surface area (Å²) in [5, 5.41) is 3.17. The van der Waals surface area contributed by atoms with E-state index < -0.39 is 34.1 Å². The van der Waals surface area contributed by atoms with Gasteiger partial charge in [0.05, 0.1) is 22.0 Å². The highest BCUT2D eigenvalue weighted by atomic mass is 35.5. The summed E-state index contributed by atoms with van der Waals surface area (Å²) in [4.78, 5) is 29.3. The number of benzene rings is 3. The van der Waals surface area contributed by atoms with E-state index >= 15 is 0 Å². The van der Waals surface area contributed by atoms with Crippen LogP contribution in [0.25, 0.3) is 0 Å². The van der Waals surface area contributed by atoms with Crippen LogP contribution in [0, 0.1) is 6.92 Å². The number of aryl methyl sites for hydroxylation is 1. The van der Waals surface area contributed by atoms with Gasteiger partial charge in [0.2, 0.25) is 21.8 Å². The largest absolute Gasteiger partial charge is 0.350 e. The minimum atomic E-state index is -3.96. The lowest BCUT2D eigenvalue weighted by atomic mass is 10.0. The molecule has 0 unspecified atom stereocenters. The van der Waals surface area contributed by atoms with Crippen molar-refractivity contribution in [1.82, 2.24) is 10.2 Å². The molecule has 0 heterocycles.